The van der Waals surface area contributed by atoms with Crippen molar-refractivity contribution in [3.8, 4) is 114 Å². The smallest absolute Gasteiger partial charge is 0.233 e. The summed E-state index contributed by atoms with van der Waals surface area (Å²) in [5.41, 5.74) is 25.5. The Morgan fingerprint density at radius 2 is 0.676 bits per heavy atom. The van der Waals surface area contributed by atoms with E-state index in [1.807, 2.05) is 92.7 Å². The van der Waals surface area contributed by atoms with E-state index in [9.17, 15) is 19.2 Å². The van der Waals surface area contributed by atoms with Gasteiger partial charge in [0.15, 0.2) is 34.5 Å². The van der Waals surface area contributed by atoms with Crippen molar-refractivity contribution in [3.63, 3.8) is 0 Å². The first-order valence-electron chi connectivity index (χ1n) is 36.2. The lowest BCUT2D eigenvalue weighted by Gasteiger charge is -2.15. The minimum absolute atomic E-state index is 0.279. The summed E-state index contributed by atoms with van der Waals surface area (Å²) >= 11 is 0. The van der Waals surface area contributed by atoms with Crippen molar-refractivity contribution in [2.24, 2.45) is 0 Å². The third kappa shape index (κ3) is 16.7. The molecular formula is C92H90N4O12. The van der Waals surface area contributed by atoms with Gasteiger partial charge < -0.3 is 47.9 Å². The molecule has 16 heteroatoms. The van der Waals surface area contributed by atoms with Crippen LogP contribution in [0.1, 0.15) is 121 Å². The zero-order valence-electron chi connectivity index (χ0n) is 63.3. The number of benzene rings is 10. The van der Waals surface area contributed by atoms with Crippen molar-refractivity contribution < 1.29 is 57.1 Å². The Hall–Kier alpha value is -12.3. The van der Waals surface area contributed by atoms with Crippen molar-refractivity contribution in [1.29, 1.82) is 0 Å². The molecule has 10 aromatic carbocycles. The molecule has 0 fully saturated rings. The average molecular weight is 1440 g/mol. The topological polar surface area (TPSA) is 199 Å². The maximum atomic E-state index is 12.4. The third-order valence-electron chi connectivity index (χ3n) is 20.4. The fraction of sp³-hybridized carbons (Fsp3) is 0.239. The molecule has 2 aromatic heterocycles. The highest BCUT2D eigenvalue weighted by molar-refractivity contribution is 6.49. The summed E-state index contributed by atoms with van der Waals surface area (Å²) in [7, 11) is 13.0. The number of ketones is 2. The van der Waals surface area contributed by atoms with Crippen LogP contribution < -0.4 is 37.9 Å². The van der Waals surface area contributed by atoms with Crippen LogP contribution in [0.5, 0.6) is 46.0 Å². The number of carbonyl (C=O) groups excluding carboxylic acids is 4. The lowest BCUT2D eigenvalue weighted by molar-refractivity contribution is 0.0816. The van der Waals surface area contributed by atoms with Gasteiger partial charge in [-0.3, -0.25) is 19.2 Å². The Morgan fingerprint density at radius 3 is 1.08 bits per heavy atom. The summed E-state index contributed by atoms with van der Waals surface area (Å²) in [6.45, 7) is 7.99. The minimum atomic E-state index is -0.566. The van der Waals surface area contributed by atoms with E-state index in [0.29, 0.717) is 40.1 Å². The molecule has 8 aliphatic carbocycles. The molecule has 0 saturated heterocycles. The number of hydrogen-bond acceptors (Lipinski definition) is 14. The van der Waals surface area contributed by atoms with Gasteiger partial charge in [-0.2, -0.15) is 0 Å². The van der Waals surface area contributed by atoms with Crippen LogP contribution in [0.25, 0.3) is 67.8 Å². The standard InChI is InChI=1S/C56H56N4O6.C18H18O4.C18H16O2/c1-33-27-39(19-23-45(33)61-3)51-53(41-21-25-47(63-5)49(31-41)65-7)59-55(57-51)43-29-35-11-9-12-36-16-18-38(14-10-13-37(43)17-15-35)44(30-36)56-58-52(40-20-24-46(62-4)34(2)28-40)54(60-56)42-22-26-48(64-6)50(32-42)66-8;1-11-5-6-13(9-12(11)2)17(19)18(20)14-7-8-15(21-3)16(10-14)22-4;19-11-17-9-13-1-2-14-4-6-16(18(10-14)12-20)8-7-15(17)5-3-13/h15-32H,9-14H2,1-8H3,(H,57,59)(H,58,60);5-10H,1-4H3;3-6,9-12H,1-2,7-8H2. The molecule has 0 radical (unpaired) electrons. The second-order valence-electron chi connectivity index (χ2n) is 27.1. The SMILES string of the molecule is COc1ccc(-c2nc(-c3cc4ccc3CCCc3ccc(cc3-c3nc(-c5ccc(OC)c(C)c5)c(-c5ccc(OC)c(OC)c5)[nH]3)CCC4)[nH]c2-c2ccc(OC)c(OC)c2)cc1C.COc1ccc(C(=O)C(=O)c2ccc(C)c(C)c2)cc1OC.O=Cc1cc2ccc1CCc1ccc(cc1C=O)CC2. The third-order valence-corrected chi connectivity index (χ3v) is 20.4. The average Bonchev–Trinajstić information content (AvgIpc) is 1.63. The molecular weight excluding hydrogens is 1350 g/mol. The highest BCUT2D eigenvalue weighted by Crippen LogP contribution is 2.43. The van der Waals surface area contributed by atoms with Crippen molar-refractivity contribution in [2.75, 3.05) is 56.9 Å². The number of ether oxygens (including phenoxy) is 8. The zero-order valence-corrected chi connectivity index (χ0v) is 63.3. The molecule has 0 atom stereocenters. The van der Waals surface area contributed by atoms with E-state index in [0.717, 1.165) is 201 Å². The molecule has 108 heavy (non-hydrogen) atoms. The van der Waals surface area contributed by atoms with E-state index in [2.05, 4.69) is 96.6 Å². The molecule has 2 N–H and O–H groups in total. The van der Waals surface area contributed by atoms with Crippen molar-refractivity contribution in [2.45, 2.75) is 91.9 Å². The first-order valence-corrected chi connectivity index (χ1v) is 36.2. The lowest BCUT2D eigenvalue weighted by atomic mass is 9.91. The maximum Gasteiger partial charge on any atom is 0.233 e. The molecule has 8 bridgehead atoms. The van der Waals surface area contributed by atoms with Crippen LogP contribution in [0.4, 0.5) is 0 Å². The summed E-state index contributed by atoms with van der Waals surface area (Å²) in [6.07, 6.45) is 10.7. The number of nitrogens with zero attached hydrogens (tertiary/aromatic N) is 2. The van der Waals surface area contributed by atoms with E-state index >= 15 is 0 Å². The lowest BCUT2D eigenvalue weighted by Crippen LogP contribution is -2.15. The van der Waals surface area contributed by atoms with E-state index < -0.39 is 11.6 Å². The Kier molecular flexibility index (Phi) is 23.9. The molecule has 0 saturated carbocycles. The summed E-state index contributed by atoms with van der Waals surface area (Å²) in [6, 6.07) is 60.5. The number of aromatic nitrogens is 4. The molecule has 0 aliphatic heterocycles. The number of carbonyl (C=O) groups is 4. The van der Waals surface area contributed by atoms with Crippen LogP contribution in [0.15, 0.2) is 182 Å². The Morgan fingerprint density at radius 1 is 0.315 bits per heavy atom. The van der Waals surface area contributed by atoms with Gasteiger partial charge in [-0.15, -0.1) is 0 Å². The number of methoxy groups -OCH3 is 8. The number of aromatic amines is 2. The van der Waals surface area contributed by atoms with Crippen LogP contribution in [0.3, 0.4) is 0 Å². The maximum absolute atomic E-state index is 12.4. The highest BCUT2D eigenvalue weighted by Gasteiger charge is 2.25. The van der Waals surface area contributed by atoms with Crippen LogP contribution >= 0.6 is 0 Å². The van der Waals surface area contributed by atoms with Crippen LogP contribution in [0.2, 0.25) is 0 Å². The largest absolute Gasteiger partial charge is 0.496 e. The van der Waals surface area contributed by atoms with Gasteiger partial charge in [-0.1, -0.05) is 60.7 Å². The van der Waals surface area contributed by atoms with Gasteiger partial charge in [-0.05, 0) is 280 Å². The Labute approximate surface area is 631 Å². The number of imidazole rings is 2. The monoisotopic (exact) mass is 1440 g/mol. The molecule has 20 rings (SSSR count). The van der Waals surface area contributed by atoms with Crippen LogP contribution in [0, 0.1) is 27.7 Å². The number of rotatable bonds is 19. The zero-order chi connectivity index (χ0) is 76.1. The summed E-state index contributed by atoms with van der Waals surface area (Å²) in [4.78, 5) is 65.6. The first kappa shape index (κ1) is 75.4. The number of aryl methyl sites for hydroxylation is 12. The minimum Gasteiger partial charge on any atom is -0.496 e. The van der Waals surface area contributed by atoms with Gasteiger partial charge in [0.1, 0.15) is 35.7 Å². The molecule has 550 valence electrons. The fourth-order valence-electron chi connectivity index (χ4n) is 14.2. The van der Waals surface area contributed by atoms with Crippen LogP contribution in [-0.2, 0) is 51.4 Å². The van der Waals surface area contributed by atoms with Gasteiger partial charge in [0.05, 0.1) is 79.7 Å². The number of H-pyrrole nitrogens is 2. The Balaban J connectivity index is 0.000000209. The molecule has 0 unspecified atom stereocenters. The van der Waals surface area contributed by atoms with Gasteiger partial charge in [0, 0.05) is 55.6 Å². The molecule has 12 aromatic rings. The van der Waals surface area contributed by atoms with E-state index in [1.165, 1.54) is 53.7 Å². The van der Waals surface area contributed by atoms with E-state index in [-0.39, 0.29) is 5.56 Å². The van der Waals surface area contributed by atoms with E-state index in [4.69, 9.17) is 47.9 Å². The summed E-state index contributed by atoms with van der Waals surface area (Å²) in [5, 5.41) is 0. The summed E-state index contributed by atoms with van der Waals surface area (Å²) < 4.78 is 44.3. The van der Waals surface area contributed by atoms with Gasteiger partial charge in [0.25, 0.3) is 0 Å². The molecule has 0 amide bonds. The summed E-state index contributed by atoms with van der Waals surface area (Å²) in [5.74, 6) is 5.80. The van der Waals surface area contributed by atoms with Crippen molar-refractivity contribution in [1.82, 2.24) is 19.9 Å². The van der Waals surface area contributed by atoms with Gasteiger partial charge in [-0.25, -0.2) is 9.97 Å². The van der Waals surface area contributed by atoms with Gasteiger partial charge >= 0.3 is 0 Å². The van der Waals surface area contributed by atoms with Gasteiger partial charge in [0.2, 0.25) is 11.6 Å². The second-order valence-corrected chi connectivity index (χ2v) is 27.1. The molecule has 8 aliphatic rings. The van der Waals surface area contributed by atoms with Crippen molar-refractivity contribution >= 4 is 24.1 Å². The first-order chi connectivity index (χ1) is 52.5. The second kappa shape index (κ2) is 34.3. The number of Topliss-reactive ketones (excluding diaryl/α,β-unsaturated/α-hetero) is 2. The molecule has 2 heterocycles. The Bertz CT molecular complexity index is 5070. The molecule has 0 spiro atoms. The number of hydrogen-bond donors (Lipinski definition) is 2. The van der Waals surface area contributed by atoms with E-state index in [1.54, 1.807) is 66.9 Å². The highest BCUT2D eigenvalue weighted by atomic mass is 16.5. The quantitative estimate of drug-likeness (QED) is 0.0440. The van der Waals surface area contributed by atoms with Crippen LogP contribution in [-0.4, -0.2) is 101 Å². The normalized spacial score (nSPS) is 12.2. The predicted molar refractivity (Wildman–Crippen MR) is 425 cm³/mol. The molecule has 16 nitrogen and oxygen atoms in total. The number of aldehydes is 2. The van der Waals surface area contributed by atoms with Crippen molar-refractivity contribution in [3.05, 3.63) is 271 Å². The fourth-order valence-corrected chi connectivity index (χ4v) is 14.2. The predicted octanol–water partition coefficient (Wildman–Crippen LogP) is 19.0. The number of nitrogens with one attached hydrogen (secondary N) is 2.